The van der Waals surface area contributed by atoms with Gasteiger partial charge in [0.05, 0.1) is 16.1 Å². The largest absolute Gasteiger partial charge is 0.391 e. The third-order valence-corrected chi connectivity index (χ3v) is 6.03. The van der Waals surface area contributed by atoms with Crippen molar-refractivity contribution < 1.29 is 26.7 Å². The average molecular weight is 402 g/mol. The molecule has 0 spiro atoms. The Balaban J connectivity index is 2.42. The number of aliphatic hydroxyl groups excluding tert-OH is 1. The number of benzene rings is 1. The maximum atomic E-state index is 13.5. The molecule has 0 fully saturated rings. The lowest BCUT2D eigenvalue weighted by molar-refractivity contribution is 0.285. The van der Waals surface area contributed by atoms with Crippen LogP contribution in [0.1, 0.15) is 4.88 Å². The first kappa shape index (κ1) is 16.3. The van der Waals surface area contributed by atoms with Gasteiger partial charge in [0.15, 0.2) is 17.5 Å². The Kier molecular flexibility index (Phi) is 4.61. The van der Waals surface area contributed by atoms with Gasteiger partial charge in [0.2, 0.25) is 0 Å². The molecule has 0 unspecified atom stereocenters. The van der Waals surface area contributed by atoms with Crippen LogP contribution in [0, 0.1) is 17.5 Å². The van der Waals surface area contributed by atoms with E-state index in [0.717, 1.165) is 17.4 Å². The molecule has 1 aromatic carbocycles. The number of thiophene rings is 1. The van der Waals surface area contributed by atoms with Crippen molar-refractivity contribution >= 4 is 43.0 Å². The van der Waals surface area contributed by atoms with E-state index in [2.05, 4.69) is 15.9 Å². The fourth-order valence-electron chi connectivity index (χ4n) is 1.46. The molecule has 0 aliphatic heterocycles. The van der Waals surface area contributed by atoms with Gasteiger partial charge >= 0.3 is 0 Å². The maximum Gasteiger partial charge on any atom is 0.263 e. The molecular weight excluding hydrogens is 395 g/mol. The summed E-state index contributed by atoms with van der Waals surface area (Å²) in [6.07, 6.45) is 0. The zero-order chi connectivity index (χ0) is 15.8. The lowest BCUT2D eigenvalue weighted by atomic mass is 10.3. The fraction of sp³-hybridized carbons (Fsp3) is 0.0909. The molecule has 2 aromatic rings. The molecule has 0 amide bonds. The van der Waals surface area contributed by atoms with Crippen LogP contribution in [0.5, 0.6) is 0 Å². The van der Waals surface area contributed by atoms with Crippen LogP contribution in [-0.2, 0) is 16.6 Å². The van der Waals surface area contributed by atoms with Crippen molar-refractivity contribution in [2.24, 2.45) is 0 Å². The number of rotatable bonds is 4. The second-order valence-electron chi connectivity index (χ2n) is 3.84. The van der Waals surface area contributed by atoms with Crippen molar-refractivity contribution in [2.75, 3.05) is 4.72 Å². The van der Waals surface area contributed by atoms with Crippen LogP contribution in [0.4, 0.5) is 18.9 Å². The highest BCUT2D eigenvalue weighted by Gasteiger charge is 2.23. The quantitative estimate of drug-likeness (QED) is 0.772. The number of hydrogen-bond acceptors (Lipinski definition) is 4. The average Bonchev–Trinajstić information content (AvgIpc) is 2.81. The minimum Gasteiger partial charge on any atom is -0.391 e. The van der Waals surface area contributed by atoms with Crippen molar-refractivity contribution in [2.45, 2.75) is 11.5 Å². The van der Waals surface area contributed by atoms with Gasteiger partial charge in [-0.05, 0) is 34.1 Å². The summed E-state index contributed by atoms with van der Waals surface area (Å²) < 4.78 is 65.6. The fourth-order valence-corrected chi connectivity index (χ4v) is 5.07. The van der Waals surface area contributed by atoms with Crippen LogP contribution in [0.3, 0.4) is 0 Å². The van der Waals surface area contributed by atoms with E-state index in [9.17, 15) is 21.6 Å². The SMILES string of the molecule is O=S(=O)(Nc1ccc(F)c(F)c1F)c1cc(CO)sc1Br. The molecular formula is C11H7BrF3NO3S2. The van der Waals surface area contributed by atoms with E-state index in [1.54, 1.807) is 0 Å². The first-order chi connectivity index (χ1) is 9.76. The minimum atomic E-state index is -4.21. The van der Waals surface area contributed by atoms with Gasteiger partial charge in [0, 0.05) is 4.88 Å². The van der Waals surface area contributed by atoms with Crippen molar-refractivity contribution in [3.05, 3.63) is 44.3 Å². The summed E-state index contributed by atoms with van der Waals surface area (Å²) in [5, 5.41) is 8.96. The Morgan fingerprint density at radius 2 is 1.90 bits per heavy atom. The van der Waals surface area contributed by atoms with Crippen molar-refractivity contribution in [1.82, 2.24) is 0 Å². The normalized spacial score (nSPS) is 11.7. The van der Waals surface area contributed by atoms with Gasteiger partial charge in [-0.3, -0.25) is 4.72 Å². The van der Waals surface area contributed by atoms with Gasteiger partial charge in [-0.25, -0.2) is 21.6 Å². The van der Waals surface area contributed by atoms with E-state index >= 15 is 0 Å². The number of sulfonamides is 1. The van der Waals surface area contributed by atoms with Gasteiger partial charge in [0.1, 0.15) is 4.90 Å². The van der Waals surface area contributed by atoms with E-state index < -0.39 is 33.2 Å². The highest BCUT2D eigenvalue weighted by Crippen LogP contribution is 2.33. The molecule has 2 N–H and O–H groups in total. The summed E-state index contributed by atoms with van der Waals surface area (Å²) in [6.45, 7) is -0.363. The van der Waals surface area contributed by atoms with E-state index in [4.69, 9.17) is 5.11 Å². The lowest BCUT2D eigenvalue weighted by Crippen LogP contribution is -2.14. The highest BCUT2D eigenvalue weighted by atomic mass is 79.9. The molecule has 0 saturated heterocycles. The second-order valence-corrected chi connectivity index (χ2v) is 7.94. The minimum absolute atomic E-state index is 0.196. The first-order valence-electron chi connectivity index (χ1n) is 5.31. The molecule has 10 heteroatoms. The molecule has 0 bridgehead atoms. The molecule has 2 rings (SSSR count). The van der Waals surface area contributed by atoms with Crippen LogP contribution < -0.4 is 4.72 Å². The van der Waals surface area contributed by atoms with Crippen LogP contribution in [0.25, 0.3) is 0 Å². The first-order valence-corrected chi connectivity index (χ1v) is 8.41. The highest BCUT2D eigenvalue weighted by molar-refractivity contribution is 9.11. The number of anilines is 1. The summed E-state index contributed by atoms with van der Waals surface area (Å²) in [5.74, 6) is -4.82. The van der Waals surface area contributed by atoms with Gasteiger partial charge in [-0.1, -0.05) is 0 Å². The molecule has 4 nitrogen and oxygen atoms in total. The van der Waals surface area contributed by atoms with Gasteiger partial charge in [-0.2, -0.15) is 0 Å². The van der Waals surface area contributed by atoms with Gasteiger partial charge in [-0.15, -0.1) is 11.3 Å². The van der Waals surface area contributed by atoms with Crippen LogP contribution in [0.2, 0.25) is 0 Å². The Bertz CT molecular complexity index is 792. The molecule has 114 valence electrons. The Labute approximate surface area is 130 Å². The van der Waals surface area contributed by atoms with E-state index in [0.29, 0.717) is 10.9 Å². The standard InChI is InChI=1S/C11H7BrF3NO3S2/c12-11-8(3-5(4-17)20-11)21(18,19)16-7-2-1-6(13)9(14)10(7)15/h1-3,16-17H,4H2. The summed E-state index contributed by atoms with van der Waals surface area (Å²) in [6, 6.07) is 2.57. The Hall–Kier alpha value is -1.10. The number of halogens is 4. The van der Waals surface area contributed by atoms with Crippen LogP contribution >= 0.6 is 27.3 Å². The predicted octanol–water partition coefficient (Wildman–Crippen LogP) is 3.22. The maximum absolute atomic E-state index is 13.5. The predicted molar refractivity (Wildman–Crippen MR) is 75.1 cm³/mol. The lowest BCUT2D eigenvalue weighted by Gasteiger charge is -2.08. The molecule has 0 radical (unpaired) electrons. The zero-order valence-electron chi connectivity index (χ0n) is 10.0. The van der Waals surface area contributed by atoms with E-state index in [1.807, 2.05) is 4.72 Å². The Morgan fingerprint density at radius 3 is 2.48 bits per heavy atom. The monoisotopic (exact) mass is 401 g/mol. The van der Waals surface area contributed by atoms with Crippen molar-refractivity contribution in [3.8, 4) is 0 Å². The van der Waals surface area contributed by atoms with Gasteiger partial charge in [0.25, 0.3) is 10.0 Å². The third kappa shape index (κ3) is 3.23. The molecule has 1 aromatic heterocycles. The summed E-state index contributed by atoms with van der Waals surface area (Å²) >= 11 is 3.99. The second kappa shape index (κ2) is 5.95. The zero-order valence-corrected chi connectivity index (χ0v) is 13.3. The molecule has 0 saturated carbocycles. The van der Waals surface area contributed by atoms with Crippen molar-refractivity contribution in [1.29, 1.82) is 0 Å². The van der Waals surface area contributed by atoms with Crippen molar-refractivity contribution in [3.63, 3.8) is 0 Å². The smallest absolute Gasteiger partial charge is 0.263 e. The molecule has 0 atom stereocenters. The Morgan fingerprint density at radius 1 is 1.24 bits per heavy atom. The number of hydrogen-bond donors (Lipinski definition) is 2. The topological polar surface area (TPSA) is 66.4 Å². The molecule has 1 heterocycles. The molecule has 21 heavy (non-hydrogen) atoms. The molecule has 0 aliphatic carbocycles. The third-order valence-electron chi connectivity index (χ3n) is 2.43. The van der Waals surface area contributed by atoms with E-state index in [1.165, 1.54) is 6.07 Å². The summed E-state index contributed by atoms with van der Waals surface area (Å²) in [7, 11) is -4.21. The van der Waals surface area contributed by atoms with Crippen LogP contribution in [0.15, 0.2) is 26.9 Å². The number of aliphatic hydroxyl groups is 1. The number of nitrogens with one attached hydrogen (secondary N) is 1. The molecule has 0 aliphatic rings. The van der Waals surface area contributed by atoms with E-state index in [-0.39, 0.29) is 15.3 Å². The summed E-state index contributed by atoms with van der Waals surface area (Å²) in [4.78, 5) is 0.133. The van der Waals surface area contributed by atoms with Crippen LogP contribution in [-0.4, -0.2) is 13.5 Å². The van der Waals surface area contributed by atoms with Gasteiger partial charge < -0.3 is 5.11 Å². The summed E-state index contributed by atoms with van der Waals surface area (Å²) in [5.41, 5.74) is -0.711.